The highest BCUT2D eigenvalue weighted by atomic mass is 16.6. The fourth-order valence-corrected chi connectivity index (χ4v) is 4.58. The van der Waals surface area contributed by atoms with E-state index in [1.54, 1.807) is 13.8 Å². The predicted octanol–water partition coefficient (Wildman–Crippen LogP) is 1.19. The number of carbonyl (C=O) groups excluding carboxylic acids is 3. The largest absolute Gasteiger partial charge is 0.484 e. The average Bonchev–Trinajstić information content (AvgIpc) is 2.83. The van der Waals surface area contributed by atoms with Crippen LogP contribution in [-0.4, -0.2) is 46.2 Å². The lowest BCUT2D eigenvalue weighted by Crippen LogP contribution is -2.69. The van der Waals surface area contributed by atoms with Crippen molar-refractivity contribution in [2.45, 2.75) is 63.4 Å². The highest BCUT2D eigenvalue weighted by Gasteiger charge is 2.70. The molecule has 1 saturated carbocycles. The van der Waals surface area contributed by atoms with E-state index in [4.69, 9.17) is 14.2 Å². The molecule has 3 fully saturated rings. The van der Waals surface area contributed by atoms with Crippen LogP contribution in [0.15, 0.2) is 23.5 Å². The molecule has 7 heteroatoms. The lowest BCUT2D eigenvalue weighted by Gasteiger charge is -2.59. The molecule has 0 amide bonds. The molecule has 7 nitrogen and oxygen atoms in total. The summed E-state index contributed by atoms with van der Waals surface area (Å²) >= 11 is 0. The Morgan fingerprint density at radius 3 is 2.65 bits per heavy atom. The Kier molecular flexibility index (Phi) is 3.60. The number of ether oxygens (including phenoxy) is 3. The fraction of sp³-hybridized carbons (Fsp3) is 0.632. The van der Waals surface area contributed by atoms with E-state index in [1.807, 2.05) is 6.92 Å². The van der Waals surface area contributed by atoms with Gasteiger partial charge in [-0.15, -0.1) is 0 Å². The first-order valence-electron chi connectivity index (χ1n) is 8.96. The van der Waals surface area contributed by atoms with E-state index in [0.29, 0.717) is 12.8 Å². The molecule has 0 aromatic carbocycles. The minimum Gasteiger partial charge on any atom is -0.484 e. The highest BCUT2D eigenvalue weighted by molar-refractivity contribution is 6.19. The minimum atomic E-state index is -1.25. The third kappa shape index (κ3) is 2.13. The van der Waals surface area contributed by atoms with Gasteiger partial charge in [0.2, 0.25) is 0 Å². The van der Waals surface area contributed by atoms with Crippen LogP contribution in [0.4, 0.5) is 0 Å². The number of aliphatic hydroxyl groups is 1. The topological polar surface area (TPSA) is 99.1 Å². The molecule has 5 rings (SSSR count). The van der Waals surface area contributed by atoms with Crippen molar-refractivity contribution in [2.24, 2.45) is 11.8 Å². The van der Waals surface area contributed by atoms with Crippen molar-refractivity contribution in [1.29, 1.82) is 0 Å². The second kappa shape index (κ2) is 5.42. The molecule has 0 radical (unpaired) electrons. The van der Waals surface area contributed by atoms with Gasteiger partial charge in [0.25, 0.3) is 0 Å². The van der Waals surface area contributed by atoms with Crippen molar-refractivity contribution in [3.8, 4) is 0 Å². The lowest BCUT2D eigenvalue weighted by molar-refractivity contribution is -0.262. The van der Waals surface area contributed by atoms with Crippen LogP contribution in [0, 0.1) is 11.8 Å². The molecular formula is C19H22O7. The minimum absolute atomic E-state index is 0.0466. The van der Waals surface area contributed by atoms with Crippen molar-refractivity contribution >= 4 is 17.7 Å². The van der Waals surface area contributed by atoms with Crippen molar-refractivity contribution < 1.29 is 33.7 Å². The van der Waals surface area contributed by atoms with Gasteiger partial charge in [0.15, 0.2) is 17.1 Å². The van der Waals surface area contributed by atoms with Crippen LogP contribution in [0.25, 0.3) is 0 Å². The second-order valence-electron chi connectivity index (χ2n) is 7.91. The molecule has 2 saturated heterocycles. The van der Waals surface area contributed by atoms with Crippen LogP contribution in [-0.2, 0) is 28.6 Å². The summed E-state index contributed by atoms with van der Waals surface area (Å²) < 4.78 is 17.0. The Morgan fingerprint density at radius 2 is 1.92 bits per heavy atom. The molecular weight excluding hydrogens is 340 g/mol. The van der Waals surface area contributed by atoms with Crippen molar-refractivity contribution in [1.82, 2.24) is 0 Å². The van der Waals surface area contributed by atoms with Gasteiger partial charge < -0.3 is 19.3 Å². The predicted molar refractivity (Wildman–Crippen MR) is 87.6 cm³/mol. The molecule has 5 aliphatic rings. The Balaban J connectivity index is 1.90. The summed E-state index contributed by atoms with van der Waals surface area (Å²) in [6.07, 6.45) is 2.09. The fourth-order valence-electron chi connectivity index (χ4n) is 4.58. The van der Waals surface area contributed by atoms with E-state index in [-0.39, 0.29) is 29.5 Å². The zero-order valence-electron chi connectivity index (χ0n) is 15.0. The molecule has 26 heavy (non-hydrogen) atoms. The Hall–Kier alpha value is -2.15. The first kappa shape index (κ1) is 17.3. The molecule has 4 aliphatic heterocycles. The Labute approximate surface area is 151 Å². The van der Waals surface area contributed by atoms with Gasteiger partial charge in [-0.2, -0.15) is 0 Å². The smallest absolute Gasteiger partial charge is 0.346 e. The van der Waals surface area contributed by atoms with E-state index in [0.717, 1.165) is 0 Å². The highest BCUT2D eigenvalue weighted by Crippen LogP contribution is 2.60. The van der Waals surface area contributed by atoms with E-state index in [1.165, 1.54) is 12.2 Å². The van der Waals surface area contributed by atoms with Crippen molar-refractivity contribution in [2.75, 3.05) is 0 Å². The number of aliphatic hydroxyl groups excluding tert-OH is 1. The molecule has 1 unspecified atom stereocenters. The standard InChI is InChI=1S/C19H22O7/c1-9-8-19-11-5-7-13(21)24-10(2)4-6-12(20)14(17(23)26-19)16(19)25-18(9,3)15(11)22/h5,7,9-11,15,22H,4,6,8H2,1-3H3/b7-5+/t9?,10-,11-,15-,18+,19-/m0/s1. The molecule has 1 spiro atoms. The van der Waals surface area contributed by atoms with Crippen LogP contribution in [0.2, 0.25) is 0 Å². The maximum Gasteiger partial charge on any atom is 0.346 e. The van der Waals surface area contributed by atoms with E-state index in [9.17, 15) is 19.5 Å². The molecule has 1 aliphatic carbocycles. The number of carbonyl (C=O) groups is 3. The van der Waals surface area contributed by atoms with E-state index < -0.39 is 41.3 Å². The average molecular weight is 362 g/mol. The number of cyclic esters (lactones) is 1. The van der Waals surface area contributed by atoms with Gasteiger partial charge in [-0.1, -0.05) is 13.0 Å². The number of fused-ring (bicyclic) bond motifs is 1. The van der Waals surface area contributed by atoms with Gasteiger partial charge >= 0.3 is 11.9 Å². The van der Waals surface area contributed by atoms with Gasteiger partial charge in [0.1, 0.15) is 17.3 Å². The SMILES string of the molecule is CC1C[C@@]23OC(=O)C4=C2O[C@@]1(C)[C@@H](O)[C@@H]3/C=C/C(=O)O[C@@H](C)CCC4=O. The van der Waals surface area contributed by atoms with Gasteiger partial charge in [0.05, 0.1) is 12.0 Å². The number of hydrogen-bond acceptors (Lipinski definition) is 7. The molecule has 4 heterocycles. The summed E-state index contributed by atoms with van der Waals surface area (Å²) in [6.45, 7) is 5.36. The van der Waals surface area contributed by atoms with Crippen LogP contribution in [0.5, 0.6) is 0 Å². The Bertz CT molecular complexity index is 766. The van der Waals surface area contributed by atoms with Crippen molar-refractivity contribution in [3.05, 3.63) is 23.5 Å². The summed E-state index contributed by atoms with van der Waals surface area (Å²) in [6, 6.07) is 0. The second-order valence-corrected chi connectivity index (χ2v) is 7.91. The van der Waals surface area contributed by atoms with Gasteiger partial charge in [-0.05, 0) is 20.3 Å². The number of rotatable bonds is 0. The maximum atomic E-state index is 12.7. The number of hydrogen-bond donors (Lipinski definition) is 1. The summed E-state index contributed by atoms with van der Waals surface area (Å²) in [5, 5.41) is 10.9. The summed E-state index contributed by atoms with van der Waals surface area (Å²) in [5.41, 5.74) is -2.29. The quantitative estimate of drug-likeness (QED) is 0.510. The number of ketones is 1. The number of esters is 2. The Morgan fingerprint density at radius 1 is 1.19 bits per heavy atom. The van der Waals surface area contributed by atoms with Gasteiger partial charge in [-0.3, -0.25) is 4.79 Å². The molecule has 0 aromatic rings. The summed E-state index contributed by atoms with van der Waals surface area (Å²) in [4.78, 5) is 37.3. The van der Waals surface area contributed by atoms with E-state index in [2.05, 4.69) is 0 Å². The van der Waals surface area contributed by atoms with Crippen LogP contribution in [0.3, 0.4) is 0 Å². The third-order valence-electron chi connectivity index (χ3n) is 6.28. The zero-order valence-corrected chi connectivity index (χ0v) is 15.0. The zero-order chi connectivity index (χ0) is 18.9. The molecule has 5 bridgehead atoms. The van der Waals surface area contributed by atoms with Gasteiger partial charge in [-0.25, -0.2) is 9.59 Å². The first-order valence-corrected chi connectivity index (χ1v) is 8.96. The molecule has 1 N–H and O–H groups in total. The normalized spacial score (nSPS) is 46.1. The summed E-state index contributed by atoms with van der Waals surface area (Å²) in [5.74, 6) is -2.23. The third-order valence-corrected chi connectivity index (χ3v) is 6.28. The van der Waals surface area contributed by atoms with Crippen molar-refractivity contribution in [3.63, 3.8) is 0 Å². The van der Waals surface area contributed by atoms with Crippen LogP contribution < -0.4 is 0 Å². The monoisotopic (exact) mass is 362 g/mol. The van der Waals surface area contributed by atoms with Gasteiger partial charge in [0, 0.05) is 24.8 Å². The maximum absolute atomic E-state index is 12.7. The van der Waals surface area contributed by atoms with Crippen LogP contribution in [0.1, 0.15) is 40.0 Å². The summed E-state index contributed by atoms with van der Waals surface area (Å²) in [7, 11) is 0. The molecule has 0 aromatic heterocycles. The number of Topliss-reactive ketones (excluding diaryl/α,β-unsaturated/α-hetero) is 1. The lowest BCUT2D eigenvalue weighted by atomic mass is 9.59. The van der Waals surface area contributed by atoms with E-state index >= 15 is 0 Å². The molecule has 140 valence electrons. The first-order chi connectivity index (χ1) is 12.2. The molecule has 6 atom stereocenters. The van der Waals surface area contributed by atoms with Crippen LogP contribution >= 0.6 is 0 Å².